The van der Waals surface area contributed by atoms with Crippen LogP contribution in [-0.4, -0.2) is 328 Å². The van der Waals surface area contributed by atoms with Crippen LogP contribution in [0.25, 0.3) is 44.7 Å². The summed E-state index contributed by atoms with van der Waals surface area (Å²) in [5.74, 6) is -1.12. The van der Waals surface area contributed by atoms with Gasteiger partial charge in [0.1, 0.15) is 141 Å². The Balaban J connectivity index is 0.683. The summed E-state index contributed by atoms with van der Waals surface area (Å²) in [6.45, 7) is -20.6. The maximum atomic E-state index is 15.3. The first-order chi connectivity index (χ1) is 70.4. The number of phosphoric ester groups is 3. The molecule has 6 fully saturated rings. The molecule has 75 heteroatoms. The quantitative estimate of drug-likeness (QED) is 0.00978. The third-order valence-corrected chi connectivity index (χ3v) is 31.2. The van der Waals surface area contributed by atoms with Gasteiger partial charge in [0, 0.05) is 71.9 Å². The van der Waals surface area contributed by atoms with Gasteiger partial charge in [0.15, 0.2) is 77.0 Å². The molecule has 16 rings (SSSR count). The number of aromatic amines is 3. The molecule has 148 heavy (non-hydrogen) atoms. The first-order valence-electron chi connectivity index (χ1n) is 44.1. The highest BCUT2D eigenvalue weighted by atomic mass is 32.7. The minimum Gasteiger partial charge on any atom is -0.780 e. The number of nitrogens with two attached hydrogens (primary N) is 5. The summed E-state index contributed by atoms with van der Waals surface area (Å²) in [4.78, 5) is 192. The van der Waals surface area contributed by atoms with Crippen molar-refractivity contribution < 1.29 is 168 Å². The number of aromatic nitrogens is 20. The number of methoxy groups -OCH3 is 4. The van der Waals surface area contributed by atoms with Crippen molar-refractivity contribution in [2.75, 3.05) is 157 Å². The van der Waals surface area contributed by atoms with Crippen LogP contribution >= 0.6 is 43.7 Å². The third-order valence-electron chi connectivity index (χ3n) is 23.5. The lowest BCUT2D eigenvalue weighted by Gasteiger charge is -2.35. The molecule has 814 valence electrons. The Morgan fingerprint density at radius 1 is 0.405 bits per heavy atom. The molecule has 66 nitrogen and oxygen atoms in total. The smallest absolute Gasteiger partial charge is 0.351 e. The number of nitrogens with one attached hydrogen (secondary N) is 3. The fraction of sp³-hybridized carbons (Fsp3) is 0.616. The van der Waals surface area contributed by atoms with Crippen molar-refractivity contribution >= 4 is 154 Å². The van der Waals surface area contributed by atoms with E-state index in [2.05, 4.69) is 69.8 Å². The van der Waals surface area contributed by atoms with Crippen molar-refractivity contribution in [1.82, 2.24) is 97.2 Å². The molecule has 10 aromatic heterocycles. The largest absolute Gasteiger partial charge is 0.780 e. The van der Waals surface area contributed by atoms with Gasteiger partial charge in [-0.3, -0.25) is 75.0 Å². The lowest BCUT2D eigenvalue weighted by atomic mass is 10.1. The molecular formula is C73H97N25O41P6S3-6. The second kappa shape index (κ2) is 47.3. The van der Waals surface area contributed by atoms with E-state index in [-0.39, 0.29) is 113 Å². The van der Waals surface area contributed by atoms with E-state index in [0.717, 1.165) is 58.6 Å². The number of H-pyrrole nitrogens is 3. The summed E-state index contributed by atoms with van der Waals surface area (Å²) >= 11 is 16.0. The number of aliphatic hydroxyl groups is 1. The summed E-state index contributed by atoms with van der Waals surface area (Å²) in [5.41, 5.74) is 24.9. The van der Waals surface area contributed by atoms with Crippen LogP contribution in [0.3, 0.4) is 0 Å². The molecule has 16 heterocycles. The average Bonchev–Trinajstić information content (AvgIpc) is 1.61. The molecule has 0 saturated carbocycles. The molecule has 10 aromatic rings. The van der Waals surface area contributed by atoms with Crippen molar-refractivity contribution in [2.24, 2.45) is 0 Å². The van der Waals surface area contributed by atoms with Crippen LogP contribution in [0.15, 0.2) is 74.3 Å². The lowest BCUT2D eigenvalue weighted by Crippen LogP contribution is -2.42. The number of hydrogen-bond donors (Lipinski definition) is 9. The predicted molar refractivity (Wildman–Crippen MR) is 497 cm³/mol. The van der Waals surface area contributed by atoms with Crippen molar-refractivity contribution in [3.05, 3.63) is 114 Å². The number of aliphatic hydroxyl groups excluding tert-OH is 1. The molecule has 6 aliphatic rings. The van der Waals surface area contributed by atoms with E-state index in [9.17, 15) is 43.4 Å². The SMILES string of the molecule is COCCO[C@H]1C(OP(=O)([O-])OC[C@H]2O[C@@H](n3cnc4c(N)ncnc43)CC2OP([O-])(=S)OC[C@H]2O[C@@H](n3cc(C)c(N)nc3=O)CC2OP([O-])(=S)OC)[C@@H](COP(=O)([O-])OC2[C@@H](COP(=O)([O-])OC3[C@@H](COP(=O)([S-])OC4[C@@H](CO)O[C@@H](n5cnc6c(=O)[nH]c(N)nc65)[C@H]4OCCOC)O[C@@H](n4cnc5c(=O)[nH]c(N)nc54)[C@H]3OCCOC)O[C@@H](n3cnc4c(N)ncnc43)[C@H]2OCCOC)O[C@H]1n1cc(C)c(=O)[nH]c1=O. The fourth-order valence-corrected chi connectivity index (χ4v) is 23.4. The van der Waals surface area contributed by atoms with Crippen LogP contribution in [0, 0.1) is 13.8 Å². The normalized spacial score (nSPS) is 28.9. The van der Waals surface area contributed by atoms with Crippen molar-refractivity contribution in [3.8, 4) is 0 Å². The topological polar surface area (TPSA) is 878 Å². The summed E-state index contributed by atoms with van der Waals surface area (Å²) in [6, 6.07) is 0. The van der Waals surface area contributed by atoms with Gasteiger partial charge in [0.2, 0.25) is 11.9 Å². The van der Waals surface area contributed by atoms with E-state index in [4.69, 9.17) is 185 Å². The zero-order chi connectivity index (χ0) is 106. The highest BCUT2D eigenvalue weighted by Gasteiger charge is 2.57. The van der Waals surface area contributed by atoms with E-state index >= 15 is 28.4 Å². The summed E-state index contributed by atoms with van der Waals surface area (Å²) in [7, 11) is -12.4. The number of nitrogens with zero attached hydrogens (tertiary/aromatic N) is 17. The Kier molecular flexibility index (Phi) is 35.9. The maximum absolute atomic E-state index is 15.3. The molecule has 0 bridgehead atoms. The van der Waals surface area contributed by atoms with Crippen molar-refractivity contribution in [1.29, 1.82) is 0 Å². The van der Waals surface area contributed by atoms with E-state index in [1.54, 1.807) is 6.92 Å². The number of fused-ring (bicyclic) bond motifs is 4. The standard InChI is InChI=1S/C73H103N25O41P6S3/c1-32-18-93(72(103)87-56(32)74)42-16-34(134-143(111,146)118-7)38(128-42)22-126-144(112,147)135-35-17-43(95-28-83-44-57(75)79-26-81-59(44)95)129-37(35)21-123-140(105,106)136-49-39(131-66(53(49)120-13-9-115-4)94-19-33(2)63(100)92-73(94)104)23-124-141(107,108)137-50-40(132-67(54(50)121-14-10-116-5)96-29-84-45-58(76)80-27-82-60(45)96)24-125-142(109,110)138-51-41(133-69(55(51)122-15-11-117-6)98-31-86-47-62(98)89-71(78)91-65(47)102)25-127-145(113,148)139-48-36(20-99)130-68(52(48)119-12-8-114-3)97-30-85-46-61(97)88-70(77)90-64(46)101/h18-19,26-31,34-43,48-55,66-69,99H,8-17,20-25H2,1-7H3,(H,105,106)(H,107,108)(H,109,110)(H,111,146)(H,112,147)(H,113,148)(H2,74,87,103)(H2,75,79,81)(H2,76,80,82)(H,92,100,104)(H3,77,88,90,101)(H3,78,89,91,102)/p-6/t34?,35?,36-,37-,38-,39-,40-,41-,42-,43-,48?,49?,50?,51?,52+,53+,54+,55+,66-,67-,68-,69-,143?,144?,145?/m1/s1. The van der Waals surface area contributed by atoms with Crippen molar-refractivity contribution in [3.63, 3.8) is 0 Å². The van der Waals surface area contributed by atoms with Gasteiger partial charge in [-0.15, -0.1) is 0 Å². The number of imidazole rings is 4. The van der Waals surface area contributed by atoms with Gasteiger partial charge >= 0.3 is 11.4 Å². The van der Waals surface area contributed by atoms with E-state index in [1.165, 1.54) is 61.6 Å². The zero-order valence-corrected chi connectivity index (χ0v) is 86.1. The molecule has 12 unspecified atom stereocenters. The Bertz CT molecular complexity index is 7040. The summed E-state index contributed by atoms with van der Waals surface area (Å²) < 4.78 is 220. The van der Waals surface area contributed by atoms with E-state index < -0.39 is 279 Å². The lowest BCUT2D eigenvalue weighted by molar-refractivity contribution is -0.241. The third kappa shape index (κ3) is 25.6. The van der Waals surface area contributed by atoms with Crippen LogP contribution in [-0.2, 0) is 175 Å². The van der Waals surface area contributed by atoms with Crippen LogP contribution < -0.4 is 81.2 Å². The Labute approximate surface area is 846 Å². The molecule has 0 aliphatic carbocycles. The molecule has 0 spiro atoms. The molecular weight excluding hydrogens is 2160 g/mol. The number of aryl methyl sites for hydroxylation is 2. The summed E-state index contributed by atoms with van der Waals surface area (Å²) in [5, 5.41) is 10.8. The van der Waals surface area contributed by atoms with Crippen LogP contribution in [0.2, 0.25) is 0 Å². The van der Waals surface area contributed by atoms with Gasteiger partial charge in [0.05, 0.1) is 130 Å². The number of phosphoric acid groups is 3. The van der Waals surface area contributed by atoms with Crippen LogP contribution in [0.4, 0.5) is 29.4 Å². The van der Waals surface area contributed by atoms with E-state index in [1.807, 2.05) is 0 Å². The van der Waals surface area contributed by atoms with Gasteiger partial charge in [-0.25, -0.2) is 49.5 Å². The molecule has 0 aromatic carbocycles. The van der Waals surface area contributed by atoms with E-state index in [0.29, 0.717) is 5.56 Å². The second-order valence-corrected chi connectivity index (χ2v) is 45.4. The minimum absolute atomic E-state index is 0.0577. The highest BCUT2D eigenvalue weighted by molar-refractivity contribution is 8.32. The monoisotopic (exact) mass is 2260 g/mol. The van der Waals surface area contributed by atoms with Crippen LogP contribution in [0.5, 0.6) is 0 Å². The second-order valence-electron chi connectivity index (χ2n) is 33.1. The fourth-order valence-electron chi connectivity index (χ4n) is 16.7. The Hall–Kier alpha value is -8.35. The molecule has 14 N–H and O–H groups in total. The van der Waals surface area contributed by atoms with Gasteiger partial charge in [0.25, 0.3) is 40.1 Å². The number of anilines is 5. The number of hydrogen-bond acceptors (Lipinski definition) is 60. The number of ether oxygens (including phenoxy) is 14. The number of rotatable bonds is 51. The molecule has 6 saturated heterocycles. The minimum atomic E-state index is -6.27. The first-order valence-corrected chi connectivity index (χ1v) is 56.2. The predicted octanol–water partition coefficient (Wildman–Crippen LogP) is -5.18. The van der Waals surface area contributed by atoms with Crippen LogP contribution in [0.1, 0.15) is 61.3 Å². The van der Waals surface area contributed by atoms with Gasteiger partial charge in [-0.1, -0.05) is 23.6 Å². The molecule has 6 aliphatic heterocycles. The maximum Gasteiger partial charge on any atom is 0.351 e. The molecule has 28 atom stereocenters. The highest BCUT2D eigenvalue weighted by Crippen LogP contribution is 2.57. The summed E-state index contributed by atoms with van der Waals surface area (Å²) in [6.07, 6.45) is -29.9. The first kappa shape index (κ1) is 112. The average molecular weight is 2260 g/mol. The zero-order valence-electron chi connectivity index (χ0n) is 78.3. The Morgan fingerprint density at radius 3 is 1.22 bits per heavy atom. The number of nitrogen functional groups attached to an aromatic ring is 5. The van der Waals surface area contributed by atoms with Crippen molar-refractivity contribution in [2.45, 2.75) is 162 Å². The molecule has 0 amide bonds. The van der Waals surface area contributed by atoms with Gasteiger partial charge in [-0.2, -0.15) is 15.0 Å². The molecule has 0 radical (unpaired) electrons. The Morgan fingerprint density at radius 2 is 0.777 bits per heavy atom. The van der Waals surface area contributed by atoms with Gasteiger partial charge in [-0.05, 0) is 13.8 Å². The van der Waals surface area contributed by atoms with Gasteiger partial charge < -0.3 is 191 Å².